The minimum atomic E-state index is -0.502. The predicted molar refractivity (Wildman–Crippen MR) is 162 cm³/mol. The van der Waals surface area contributed by atoms with Crippen LogP contribution >= 0.6 is 0 Å². The molecule has 2 aromatic carbocycles. The lowest BCUT2D eigenvalue weighted by molar-refractivity contribution is -0.0468. The Labute approximate surface area is 238 Å². The van der Waals surface area contributed by atoms with E-state index in [4.69, 9.17) is 9.47 Å². The van der Waals surface area contributed by atoms with Gasteiger partial charge in [0, 0.05) is 0 Å². The van der Waals surface area contributed by atoms with Crippen molar-refractivity contribution in [1.82, 2.24) is 0 Å². The molecule has 4 rings (SSSR count). The van der Waals surface area contributed by atoms with Gasteiger partial charge in [0.05, 0.1) is 6.61 Å². The highest BCUT2D eigenvalue weighted by Gasteiger charge is 2.35. The molecule has 2 aliphatic rings. The van der Waals surface area contributed by atoms with Crippen molar-refractivity contribution in [1.29, 1.82) is 0 Å². The number of unbranched alkanes of at least 4 members (excludes halogenated alkanes) is 4. The van der Waals surface area contributed by atoms with Crippen molar-refractivity contribution in [2.75, 3.05) is 6.61 Å². The van der Waals surface area contributed by atoms with Crippen LogP contribution in [-0.4, -0.2) is 18.4 Å². The first-order chi connectivity index (χ1) is 19.0. The van der Waals surface area contributed by atoms with E-state index < -0.39 is 11.8 Å². The third kappa shape index (κ3) is 8.85. The Morgan fingerprint density at radius 2 is 1.23 bits per heavy atom. The molecule has 0 amide bonds. The van der Waals surface area contributed by atoms with Gasteiger partial charge in [0.15, 0.2) is 0 Å². The molecular weight excluding hydrogens is 480 g/mol. The largest absolute Gasteiger partial charge is 0.508 e. The first-order valence-electron chi connectivity index (χ1n) is 16.1. The van der Waals surface area contributed by atoms with Crippen LogP contribution in [0.1, 0.15) is 140 Å². The molecule has 2 saturated carbocycles. The molecule has 2 aromatic rings. The monoisotopic (exact) mass is 532 g/mol. The van der Waals surface area contributed by atoms with Crippen LogP contribution in [-0.2, 0) is 9.47 Å². The van der Waals surface area contributed by atoms with Gasteiger partial charge in [-0.2, -0.15) is 0 Å². The highest BCUT2D eigenvalue weighted by atomic mass is 16.7. The second-order valence-corrected chi connectivity index (χ2v) is 12.6. The van der Waals surface area contributed by atoms with Crippen molar-refractivity contribution in [2.24, 2.45) is 5.92 Å². The fourth-order valence-corrected chi connectivity index (χ4v) is 6.76. The summed E-state index contributed by atoms with van der Waals surface area (Å²) >= 11 is 0. The lowest BCUT2D eigenvalue weighted by atomic mass is 9.76. The van der Waals surface area contributed by atoms with Crippen molar-refractivity contribution in [3.8, 4) is 11.1 Å². The quantitative estimate of drug-likeness (QED) is 0.201. The Morgan fingerprint density at radius 1 is 0.718 bits per heavy atom. The zero-order valence-electron chi connectivity index (χ0n) is 24.9. The summed E-state index contributed by atoms with van der Waals surface area (Å²) in [5, 5.41) is 0. The fourth-order valence-electron chi connectivity index (χ4n) is 6.76. The number of hydrogen-bond donors (Lipinski definition) is 0. The van der Waals surface area contributed by atoms with E-state index in [9.17, 15) is 4.79 Å². The Morgan fingerprint density at radius 3 is 1.77 bits per heavy atom. The summed E-state index contributed by atoms with van der Waals surface area (Å²) in [4.78, 5) is 12.1. The van der Waals surface area contributed by atoms with Gasteiger partial charge in [-0.1, -0.05) is 101 Å². The third-order valence-electron chi connectivity index (χ3n) is 9.50. The molecular formula is C36H52O3. The van der Waals surface area contributed by atoms with Gasteiger partial charge in [0.25, 0.3) is 0 Å². The Bertz CT molecular complexity index is 977. The van der Waals surface area contributed by atoms with Crippen molar-refractivity contribution in [3.05, 3.63) is 59.7 Å². The van der Waals surface area contributed by atoms with Gasteiger partial charge in [0.2, 0.25) is 0 Å². The van der Waals surface area contributed by atoms with E-state index in [1.807, 2.05) is 0 Å². The van der Waals surface area contributed by atoms with Crippen molar-refractivity contribution in [2.45, 2.75) is 135 Å². The SMILES string of the molecule is CCCCCOC(=O)OC1(C)CCC(c2ccc(-c3ccc(C4CCC(CCCCC)CC4)cc3)cc2)CC1. The lowest BCUT2D eigenvalue weighted by Gasteiger charge is -2.36. The van der Waals surface area contributed by atoms with Crippen LogP contribution in [0.2, 0.25) is 0 Å². The fraction of sp³-hybridized carbons (Fsp3) is 0.639. The number of carbonyl (C=O) groups excluding carboxylic acids is 1. The molecule has 214 valence electrons. The Hall–Kier alpha value is -2.29. The van der Waals surface area contributed by atoms with Crippen LogP contribution in [0.4, 0.5) is 4.79 Å². The van der Waals surface area contributed by atoms with E-state index in [0.717, 1.165) is 56.8 Å². The maximum Gasteiger partial charge on any atom is 0.508 e. The van der Waals surface area contributed by atoms with Crippen LogP contribution in [0, 0.1) is 5.92 Å². The molecule has 0 spiro atoms. The van der Waals surface area contributed by atoms with E-state index in [-0.39, 0.29) is 0 Å². The van der Waals surface area contributed by atoms with Gasteiger partial charge < -0.3 is 9.47 Å². The highest BCUT2D eigenvalue weighted by molar-refractivity contribution is 5.64. The zero-order valence-corrected chi connectivity index (χ0v) is 24.9. The molecule has 0 aromatic heterocycles. The van der Waals surface area contributed by atoms with Gasteiger partial charge in [-0.05, 0) is 105 Å². The number of benzene rings is 2. The normalized spacial score (nSPS) is 25.3. The van der Waals surface area contributed by atoms with Gasteiger partial charge in [0.1, 0.15) is 5.60 Å². The van der Waals surface area contributed by atoms with Gasteiger partial charge in [-0.25, -0.2) is 4.79 Å². The number of hydrogen-bond acceptors (Lipinski definition) is 3. The highest BCUT2D eigenvalue weighted by Crippen LogP contribution is 2.41. The molecule has 0 heterocycles. The second kappa shape index (κ2) is 14.9. The molecule has 2 aliphatic carbocycles. The first kappa shape index (κ1) is 29.7. The van der Waals surface area contributed by atoms with E-state index >= 15 is 0 Å². The van der Waals surface area contributed by atoms with E-state index in [2.05, 4.69) is 69.3 Å². The summed E-state index contributed by atoms with van der Waals surface area (Å²) in [6, 6.07) is 18.6. The lowest BCUT2D eigenvalue weighted by Crippen LogP contribution is -2.36. The van der Waals surface area contributed by atoms with E-state index in [1.165, 1.54) is 73.6 Å². The molecule has 39 heavy (non-hydrogen) atoms. The average molecular weight is 533 g/mol. The predicted octanol–water partition coefficient (Wildman–Crippen LogP) is 11.0. The molecule has 0 atom stereocenters. The van der Waals surface area contributed by atoms with Crippen LogP contribution in [0.25, 0.3) is 11.1 Å². The summed E-state index contributed by atoms with van der Waals surface area (Å²) in [6.07, 6.45) is 17.6. The Kier molecular flexibility index (Phi) is 11.4. The summed E-state index contributed by atoms with van der Waals surface area (Å²) in [5.74, 6) is 2.23. The molecule has 0 saturated heterocycles. The van der Waals surface area contributed by atoms with Gasteiger partial charge in [-0.15, -0.1) is 0 Å². The Balaban J connectivity index is 1.23. The maximum absolute atomic E-state index is 12.1. The van der Waals surface area contributed by atoms with Crippen LogP contribution < -0.4 is 0 Å². The van der Waals surface area contributed by atoms with Crippen molar-refractivity contribution >= 4 is 6.16 Å². The number of rotatable bonds is 12. The smallest absolute Gasteiger partial charge is 0.434 e. The molecule has 0 aliphatic heterocycles. The number of ether oxygens (including phenoxy) is 2. The summed E-state index contributed by atoms with van der Waals surface area (Å²) in [6.45, 7) is 6.96. The summed E-state index contributed by atoms with van der Waals surface area (Å²) in [5.41, 5.74) is 5.12. The van der Waals surface area contributed by atoms with Gasteiger partial charge >= 0.3 is 6.16 Å². The molecule has 0 N–H and O–H groups in total. The first-order valence-corrected chi connectivity index (χ1v) is 16.1. The van der Waals surface area contributed by atoms with Gasteiger partial charge in [-0.3, -0.25) is 0 Å². The molecule has 0 bridgehead atoms. The second-order valence-electron chi connectivity index (χ2n) is 12.6. The zero-order chi connectivity index (χ0) is 27.5. The maximum atomic E-state index is 12.1. The van der Waals surface area contributed by atoms with Crippen molar-refractivity contribution in [3.63, 3.8) is 0 Å². The minimum Gasteiger partial charge on any atom is -0.434 e. The molecule has 3 nitrogen and oxygen atoms in total. The third-order valence-corrected chi connectivity index (χ3v) is 9.50. The molecule has 0 radical (unpaired) electrons. The van der Waals surface area contributed by atoms with Crippen LogP contribution in [0.15, 0.2) is 48.5 Å². The van der Waals surface area contributed by atoms with Crippen molar-refractivity contribution < 1.29 is 14.3 Å². The van der Waals surface area contributed by atoms with Crippen LogP contribution in [0.5, 0.6) is 0 Å². The van der Waals surface area contributed by atoms with Crippen LogP contribution in [0.3, 0.4) is 0 Å². The number of carbonyl (C=O) groups is 1. The molecule has 3 heteroatoms. The standard InChI is InChI=1S/C36H52O3/c1-4-6-8-10-28-11-13-29(14-12-28)30-15-17-31(18-16-30)32-19-21-33(22-20-32)34-23-25-36(3,26-24-34)39-35(37)38-27-9-7-5-2/h15-22,28-29,34H,4-14,23-27H2,1-3H3. The summed E-state index contributed by atoms with van der Waals surface area (Å²) < 4.78 is 11.0. The van der Waals surface area contributed by atoms with E-state index in [1.54, 1.807) is 0 Å². The average Bonchev–Trinajstić information content (AvgIpc) is 2.96. The van der Waals surface area contributed by atoms with E-state index in [0.29, 0.717) is 12.5 Å². The topological polar surface area (TPSA) is 35.5 Å². The summed E-state index contributed by atoms with van der Waals surface area (Å²) in [7, 11) is 0. The minimum absolute atomic E-state index is 0.408. The molecule has 2 fully saturated rings. The molecule has 0 unspecified atom stereocenters.